The fourth-order valence-electron chi connectivity index (χ4n) is 3.28. The number of likely N-dealkylation sites (N-methyl/N-ethyl adjacent to an activating group) is 1. The number of aliphatic hydroxyl groups excluding tert-OH is 1. The zero-order valence-electron chi connectivity index (χ0n) is 10.1. The third-order valence-corrected chi connectivity index (χ3v) is 3.75. The fourth-order valence-corrected chi connectivity index (χ4v) is 3.28. The lowest BCUT2D eigenvalue weighted by molar-refractivity contribution is 0.0193. The van der Waals surface area contributed by atoms with Gasteiger partial charge in [0.2, 0.25) is 0 Å². The van der Waals surface area contributed by atoms with Crippen molar-refractivity contribution in [3.05, 3.63) is 0 Å². The Morgan fingerprint density at radius 3 is 2.57 bits per heavy atom. The summed E-state index contributed by atoms with van der Waals surface area (Å²) in [6, 6.07) is 0.628. The molecule has 1 aliphatic rings. The van der Waals surface area contributed by atoms with Gasteiger partial charge < -0.3 is 10.0 Å². The van der Waals surface area contributed by atoms with Gasteiger partial charge in [0.15, 0.2) is 0 Å². The molecule has 84 valence electrons. The van der Waals surface area contributed by atoms with Crippen LogP contribution in [0, 0.1) is 11.3 Å². The molecule has 0 amide bonds. The Kier molecular flexibility index (Phi) is 3.96. The summed E-state index contributed by atoms with van der Waals surface area (Å²) in [5, 5.41) is 8.98. The van der Waals surface area contributed by atoms with E-state index in [1.165, 1.54) is 19.3 Å². The van der Waals surface area contributed by atoms with Crippen molar-refractivity contribution in [2.45, 2.75) is 46.1 Å². The van der Waals surface area contributed by atoms with Gasteiger partial charge in [-0.1, -0.05) is 27.2 Å². The standard InChI is InChI=1S/C12H25NO/c1-10-6-5-7-12(2,3)11(10)13(4)8-9-14/h10-11,14H,5-9H2,1-4H3. The second kappa shape index (κ2) is 4.63. The van der Waals surface area contributed by atoms with Crippen molar-refractivity contribution in [2.24, 2.45) is 11.3 Å². The molecule has 0 heterocycles. The van der Waals surface area contributed by atoms with Crippen molar-refractivity contribution in [2.75, 3.05) is 20.2 Å². The molecule has 2 heteroatoms. The zero-order valence-corrected chi connectivity index (χ0v) is 10.1. The van der Waals surface area contributed by atoms with E-state index in [0.29, 0.717) is 11.5 Å². The monoisotopic (exact) mass is 199 g/mol. The highest BCUT2D eigenvalue weighted by Crippen LogP contribution is 2.41. The van der Waals surface area contributed by atoms with Gasteiger partial charge >= 0.3 is 0 Å². The molecule has 2 unspecified atom stereocenters. The molecule has 14 heavy (non-hydrogen) atoms. The molecule has 0 spiro atoms. The van der Waals surface area contributed by atoms with Crippen LogP contribution in [0.15, 0.2) is 0 Å². The summed E-state index contributed by atoms with van der Waals surface area (Å²) in [7, 11) is 2.14. The van der Waals surface area contributed by atoms with Crippen LogP contribution in [0.3, 0.4) is 0 Å². The fraction of sp³-hybridized carbons (Fsp3) is 1.00. The van der Waals surface area contributed by atoms with E-state index in [4.69, 9.17) is 5.11 Å². The van der Waals surface area contributed by atoms with Crippen LogP contribution in [0.2, 0.25) is 0 Å². The summed E-state index contributed by atoms with van der Waals surface area (Å²) in [5.74, 6) is 0.760. The number of rotatable bonds is 3. The number of nitrogens with zero attached hydrogens (tertiary/aromatic N) is 1. The highest BCUT2D eigenvalue weighted by atomic mass is 16.3. The molecule has 2 atom stereocenters. The van der Waals surface area contributed by atoms with Crippen molar-refractivity contribution in [1.82, 2.24) is 4.90 Å². The number of aliphatic hydroxyl groups is 1. The zero-order chi connectivity index (χ0) is 10.8. The Morgan fingerprint density at radius 1 is 1.43 bits per heavy atom. The Hall–Kier alpha value is -0.0800. The molecule has 1 fully saturated rings. The first-order valence-corrected chi connectivity index (χ1v) is 5.80. The van der Waals surface area contributed by atoms with Gasteiger partial charge in [0.1, 0.15) is 0 Å². The molecule has 1 saturated carbocycles. The SMILES string of the molecule is CC1CCCC(C)(C)C1N(C)CCO. The molecule has 0 aromatic carbocycles. The Morgan fingerprint density at radius 2 is 2.07 bits per heavy atom. The molecule has 1 N–H and O–H groups in total. The van der Waals surface area contributed by atoms with Crippen LogP contribution in [0.4, 0.5) is 0 Å². The van der Waals surface area contributed by atoms with Crippen LogP contribution in [0.5, 0.6) is 0 Å². The highest BCUT2D eigenvalue weighted by Gasteiger charge is 2.38. The Balaban J connectivity index is 2.69. The Labute approximate surface area is 88.3 Å². The Bertz CT molecular complexity index is 179. The van der Waals surface area contributed by atoms with E-state index in [1.54, 1.807) is 0 Å². The lowest BCUT2D eigenvalue weighted by atomic mass is 9.68. The minimum atomic E-state index is 0.274. The van der Waals surface area contributed by atoms with Gasteiger partial charge in [0.25, 0.3) is 0 Å². The van der Waals surface area contributed by atoms with E-state index in [9.17, 15) is 0 Å². The van der Waals surface area contributed by atoms with E-state index in [-0.39, 0.29) is 6.61 Å². The summed E-state index contributed by atoms with van der Waals surface area (Å²) in [6.07, 6.45) is 4.01. The largest absolute Gasteiger partial charge is 0.395 e. The van der Waals surface area contributed by atoms with Gasteiger partial charge in [-0.2, -0.15) is 0 Å². The smallest absolute Gasteiger partial charge is 0.0558 e. The molecule has 0 aromatic rings. The summed E-state index contributed by atoms with van der Waals surface area (Å²) in [4.78, 5) is 2.34. The normalized spacial score (nSPS) is 32.1. The van der Waals surface area contributed by atoms with Crippen LogP contribution >= 0.6 is 0 Å². The first-order valence-electron chi connectivity index (χ1n) is 5.80. The minimum absolute atomic E-state index is 0.274. The molecule has 2 nitrogen and oxygen atoms in total. The molecule has 1 rings (SSSR count). The van der Waals surface area contributed by atoms with Crippen molar-refractivity contribution >= 4 is 0 Å². The maximum Gasteiger partial charge on any atom is 0.0558 e. The second-order valence-corrected chi connectivity index (χ2v) is 5.51. The average molecular weight is 199 g/mol. The summed E-state index contributed by atoms with van der Waals surface area (Å²) < 4.78 is 0. The topological polar surface area (TPSA) is 23.5 Å². The predicted molar refractivity (Wildman–Crippen MR) is 60.3 cm³/mol. The first kappa shape index (κ1) is 12.0. The van der Waals surface area contributed by atoms with Crippen LogP contribution in [-0.4, -0.2) is 36.2 Å². The quantitative estimate of drug-likeness (QED) is 0.752. The molecular weight excluding hydrogens is 174 g/mol. The highest BCUT2D eigenvalue weighted by molar-refractivity contribution is 4.92. The van der Waals surface area contributed by atoms with Gasteiger partial charge in [-0.3, -0.25) is 0 Å². The third kappa shape index (κ3) is 2.48. The van der Waals surface area contributed by atoms with Crippen LogP contribution in [-0.2, 0) is 0 Å². The van der Waals surface area contributed by atoms with Crippen LogP contribution in [0.25, 0.3) is 0 Å². The second-order valence-electron chi connectivity index (χ2n) is 5.51. The molecule has 1 aliphatic carbocycles. The summed E-state index contributed by atoms with van der Waals surface area (Å²) in [5.41, 5.74) is 0.404. The van der Waals surface area contributed by atoms with Crippen LogP contribution < -0.4 is 0 Å². The lowest BCUT2D eigenvalue weighted by Gasteiger charge is -2.47. The van der Waals surface area contributed by atoms with Crippen molar-refractivity contribution in [3.8, 4) is 0 Å². The van der Waals surface area contributed by atoms with Gasteiger partial charge in [0, 0.05) is 12.6 Å². The van der Waals surface area contributed by atoms with Crippen molar-refractivity contribution in [3.63, 3.8) is 0 Å². The maximum atomic E-state index is 8.98. The van der Waals surface area contributed by atoms with E-state index >= 15 is 0 Å². The molecule has 0 aromatic heterocycles. The van der Waals surface area contributed by atoms with Gasteiger partial charge in [-0.25, -0.2) is 0 Å². The molecule has 0 aliphatic heterocycles. The number of hydrogen-bond acceptors (Lipinski definition) is 2. The molecular formula is C12H25NO. The predicted octanol–water partition coefficient (Wildman–Crippen LogP) is 2.13. The number of hydrogen-bond donors (Lipinski definition) is 1. The minimum Gasteiger partial charge on any atom is -0.395 e. The summed E-state index contributed by atoms with van der Waals surface area (Å²) in [6.45, 7) is 8.15. The first-order chi connectivity index (χ1) is 6.49. The van der Waals surface area contributed by atoms with E-state index in [1.807, 2.05) is 0 Å². The van der Waals surface area contributed by atoms with Gasteiger partial charge in [-0.05, 0) is 31.2 Å². The van der Waals surface area contributed by atoms with Crippen molar-refractivity contribution < 1.29 is 5.11 Å². The lowest BCUT2D eigenvalue weighted by Crippen LogP contribution is -2.50. The molecule has 0 bridgehead atoms. The van der Waals surface area contributed by atoms with Gasteiger partial charge in [-0.15, -0.1) is 0 Å². The van der Waals surface area contributed by atoms with Gasteiger partial charge in [0.05, 0.1) is 6.61 Å². The van der Waals surface area contributed by atoms with Crippen LogP contribution in [0.1, 0.15) is 40.0 Å². The van der Waals surface area contributed by atoms with Crippen molar-refractivity contribution in [1.29, 1.82) is 0 Å². The summed E-state index contributed by atoms with van der Waals surface area (Å²) >= 11 is 0. The van der Waals surface area contributed by atoms with E-state index in [2.05, 4.69) is 32.7 Å². The molecule has 0 saturated heterocycles. The third-order valence-electron chi connectivity index (χ3n) is 3.75. The van der Waals surface area contributed by atoms with E-state index in [0.717, 1.165) is 12.5 Å². The average Bonchev–Trinajstić information content (AvgIpc) is 2.02. The maximum absolute atomic E-state index is 8.98. The molecule has 0 radical (unpaired) electrons. The van der Waals surface area contributed by atoms with E-state index < -0.39 is 0 Å².